The van der Waals surface area contributed by atoms with E-state index in [1.807, 2.05) is 20.8 Å². The molecule has 2 N–H and O–H groups in total. The van der Waals surface area contributed by atoms with Crippen LogP contribution in [0.5, 0.6) is 0 Å². The van der Waals surface area contributed by atoms with Crippen molar-refractivity contribution in [3.63, 3.8) is 0 Å². The summed E-state index contributed by atoms with van der Waals surface area (Å²) in [5, 5.41) is 0. The first kappa shape index (κ1) is 23.1. The van der Waals surface area contributed by atoms with E-state index in [0.29, 0.717) is 24.2 Å². The molecule has 0 aromatic rings. The molecule has 3 aliphatic rings. The number of carbonyl (C=O) groups excluding carboxylic acids is 2. The van der Waals surface area contributed by atoms with Gasteiger partial charge in [-0.25, -0.2) is 0 Å². The molecule has 5 nitrogen and oxygen atoms in total. The fourth-order valence-corrected chi connectivity index (χ4v) is 5.14. The molecule has 2 aliphatic carbocycles. The predicted octanol–water partition coefficient (Wildman–Crippen LogP) is 4.55. The van der Waals surface area contributed by atoms with Crippen molar-refractivity contribution in [3.05, 3.63) is 23.8 Å². The zero-order valence-corrected chi connectivity index (χ0v) is 19.2. The molecule has 0 aromatic carbocycles. The molecule has 0 aromatic heterocycles. The highest BCUT2D eigenvalue weighted by Crippen LogP contribution is 2.45. The van der Waals surface area contributed by atoms with Gasteiger partial charge in [-0.1, -0.05) is 39.0 Å². The molecule has 1 fully saturated rings. The predicted molar refractivity (Wildman–Crippen MR) is 117 cm³/mol. The maximum Gasteiger partial charge on any atom is 0.311 e. The third kappa shape index (κ3) is 5.16. The van der Waals surface area contributed by atoms with Gasteiger partial charge in [-0.15, -0.1) is 0 Å². The zero-order valence-electron chi connectivity index (χ0n) is 19.2. The molecule has 1 heterocycles. The second-order valence-corrected chi connectivity index (χ2v) is 10.4. The zero-order chi connectivity index (χ0) is 22.1. The Labute approximate surface area is 181 Å². The molecule has 0 radical (unpaired) electrons. The quantitative estimate of drug-likeness (QED) is 0.641. The van der Waals surface area contributed by atoms with Gasteiger partial charge in [0.15, 0.2) is 0 Å². The fourth-order valence-electron chi connectivity index (χ4n) is 5.14. The van der Waals surface area contributed by atoms with Crippen LogP contribution in [0.15, 0.2) is 23.8 Å². The Hall–Kier alpha value is -1.62. The van der Waals surface area contributed by atoms with Crippen LogP contribution >= 0.6 is 0 Å². The number of allylic oxidation sites excluding steroid dienone is 3. The molecule has 1 unspecified atom stereocenters. The smallest absolute Gasteiger partial charge is 0.311 e. The van der Waals surface area contributed by atoms with Crippen LogP contribution in [0.1, 0.15) is 73.1 Å². The van der Waals surface area contributed by atoms with Gasteiger partial charge in [-0.3, -0.25) is 9.59 Å². The monoisotopic (exact) mass is 417 g/mol. The second-order valence-electron chi connectivity index (χ2n) is 10.4. The Morgan fingerprint density at radius 3 is 2.67 bits per heavy atom. The molecular weight excluding hydrogens is 378 g/mol. The summed E-state index contributed by atoms with van der Waals surface area (Å²) >= 11 is 0. The minimum atomic E-state index is -0.470. The molecule has 0 spiro atoms. The van der Waals surface area contributed by atoms with E-state index in [-0.39, 0.29) is 36.1 Å². The summed E-state index contributed by atoms with van der Waals surface area (Å²) in [7, 11) is 0. The van der Waals surface area contributed by atoms with Gasteiger partial charge < -0.3 is 15.2 Å². The van der Waals surface area contributed by atoms with Crippen molar-refractivity contribution >= 4 is 11.9 Å². The molecule has 30 heavy (non-hydrogen) atoms. The van der Waals surface area contributed by atoms with Crippen molar-refractivity contribution in [3.8, 4) is 0 Å². The maximum atomic E-state index is 12.9. The molecule has 0 saturated carbocycles. The topological polar surface area (TPSA) is 78.6 Å². The number of hydrogen-bond donors (Lipinski definition) is 1. The maximum absolute atomic E-state index is 12.9. The van der Waals surface area contributed by atoms with Gasteiger partial charge in [0, 0.05) is 18.4 Å². The average molecular weight is 418 g/mol. The second kappa shape index (κ2) is 9.25. The van der Waals surface area contributed by atoms with Crippen LogP contribution in [-0.2, 0) is 19.1 Å². The molecule has 1 saturated heterocycles. The van der Waals surface area contributed by atoms with E-state index in [1.54, 1.807) is 0 Å². The first-order valence-corrected chi connectivity index (χ1v) is 11.7. The lowest BCUT2D eigenvalue weighted by atomic mass is 9.65. The van der Waals surface area contributed by atoms with E-state index < -0.39 is 5.41 Å². The summed E-state index contributed by atoms with van der Waals surface area (Å²) in [6.07, 6.45) is 11.0. The Morgan fingerprint density at radius 2 is 2.00 bits per heavy atom. The van der Waals surface area contributed by atoms with E-state index in [9.17, 15) is 9.59 Å². The Bertz CT molecular complexity index is 710. The van der Waals surface area contributed by atoms with Gasteiger partial charge in [0.2, 0.25) is 0 Å². The number of fused-ring (bicyclic) bond motifs is 1. The van der Waals surface area contributed by atoms with Gasteiger partial charge >= 0.3 is 11.9 Å². The standard InChI is InChI=1S/C25H39NO4/c1-6-25(4,5)24(28)30-21-12-15(2)11-17-8-7-16(3)20(23(17)21)10-9-19-13-18(26)14-22(27)29-19/h7-8,11,15-16,18-21,23H,6,9-10,12-14,26H2,1-5H3/t15-,16-,18+,19+,20?,21-,23-/m0/s1. The van der Waals surface area contributed by atoms with Gasteiger partial charge in [0.1, 0.15) is 12.2 Å². The normalized spacial score (nSPS) is 36.5. The molecule has 168 valence electrons. The minimum Gasteiger partial charge on any atom is -0.462 e. The van der Waals surface area contributed by atoms with Crippen molar-refractivity contribution in [2.75, 3.05) is 0 Å². The summed E-state index contributed by atoms with van der Waals surface area (Å²) in [6.45, 7) is 10.4. The van der Waals surface area contributed by atoms with Crippen LogP contribution in [0.25, 0.3) is 0 Å². The van der Waals surface area contributed by atoms with Crippen molar-refractivity contribution in [2.45, 2.75) is 91.4 Å². The summed E-state index contributed by atoms with van der Waals surface area (Å²) in [5.74, 6) is 1.04. The molecule has 0 amide bonds. The van der Waals surface area contributed by atoms with Gasteiger partial charge in [0.05, 0.1) is 11.8 Å². The molecule has 3 rings (SSSR count). The summed E-state index contributed by atoms with van der Waals surface area (Å²) < 4.78 is 11.7. The van der Waals surface area contributed by atoms with E-state index in [1.165, 1.54) is 5.57 Å². The highest BCUT2D eigenvalue weighted by molar-refractivity contribution is 5.76. The van der Waals surface area contributed by atoms with Crippen LogP contribution < -0.4 is 5.73 Å². The third-order valence-electron chi connectivity index (χ3n) is 7.40. The minimum absolute atomic E-state index is 0.100. The van der Waals surface area contributed by atoms with Crippen LogP contribution in [0.3, 0.4) is 0 Å². The first-order chi connectivity index (χ1) is 14.1. The first-order valence-electron chi connectivity index (χ1n) is 11.7. The van der Waals surface area contributed by atoms with Crippen molar-refractivity contribution in [1.82, 2.24) is 0 Å². The third-order valence-corrected chi connectivity index (χ3v) is 7.40. The van der Waals surface area contributed by atoms with Crippen molar-refractivity contribution in [2.24, 2.45) is 34.8 Å². The lowest BCUT2D eigenvalue weighted by molar-refractivity contribution is -0.165. The van der Waals surface area contributed by atoms with Crippen molar-refractivity contribution in [1.29, 1.82) is 0 Å². The number of nitrogens with two attached hydrogens (primary N) is 1. The highest BCUT2D eigenvalue weighted by atomic mass is 16.5. The van der Waals surface area contributed by atoms with E-state index in [2.05, 4.69) is 32.1 Å². The summed E-state index contributed by atoms with van der Waals surface area (Å²) in [4.78, 5) is 24.7. The Balaban J connectivity index is 1.76. The van der Waals surface area contributed by atoms with Crippen LogP contribution in [-0.4, -0.2) is 30.2 Å². The highest BCUT2D eigenvalue weighted by Gasteiger charge is 2.43. The summed E-state index contributed by atoms with van der Waals surface area (Å²) in [5.41, 5.74) is 6.85. The Kier molecular flexibility index (Phi) is 7.11. The number of cyclic esters (lactones) is 1. The molecule has 5 heteroatoms. The fraction of sp³-hybridized carbons (Fsp3) is 0.760. The van der Waals surface area contributed by atoms with E-state index >= 15 is 0 Å². The molecule has 7 atom stereocenters. The van der Waals surface area contributed by atoms with Gasteiger partial charge in [-0.2, -0.15) is 0 Å². The number of hydrogen-bond acceptors (Lipinski definition) is 5. The molecule has 0 bridgehead atoms. The average Bonchev–Trinajstić information content (AvgIpc) is 2.66. The summed E-state index contributed by atoms with van der Waals surface area (Å²) in [6, 6.07) is -0.101. The number of rotatable bonds is 6. The largest absolute Gasteiger partial charge is 0.462 e. The Morgan fingerprint density at radius 1 is 1.27 bits per heavy atom. The lowest BCUT2D eigenvalue weighted by Gasteiger charge is -2.44. The van der Waals surface area contributed by atoms with Crippen LogP contribution in [0.4, 0.5) is 0 Å². The van der Waals surface area contributed by atoms with Crippen LogP contribution in [0.2, 0.25) is 0 Å². The van der Waals surface area contributed by atoms with Crippen molar-refractivity contribution < 1.29 is 19.1 Å². The van der Waals surface area contributed by atoms with Gasteiger partial charge in [-0.05, 0) is 62.9 Å². The van der Waals surface area contributed by atoms with Crippen LogP contribution in [0, 0.1) is 29.1 Å². The SMILES string of the molecule is CCC(C)(C)C(=O)O[C@H]1C[C@@H](C)C=C2C=C[C@H](C)C(CC[C@@H]3C[C@@H](N)CC(=O)O3)[C@H]21. The molecule has 1 aliphatic heterocycles. The number of esters is 2. The molecular formula is C25H39NO4. The van der Waals surface area contributed by atoms with E-state index in [4.69, 9.17) is 15.2 Å². The lowest BCUT2D eigenvalue weighted by Crippen LogP contribution is -2.43. The van der Waals surface area contributed by atoms with Gasteiger partial charge in [0.25, 0.3) is 0 Å². The number of ether oxygens (including phenoxy) is 2. The number of carbonyl (C=O) groups is 2. The van der Waals surface area contributed by atoms with E-state index in [0.717, 1.165) is 32.1 Å².